The average Bonchev–Trinajstić information content (AvgIpc) is 3.53. The Morgan fingerprint density at radius 3 is 2.66 bits per heavy atom. The number of thioether (sulfide) groups is 1. The van der Waals surface area contributed by atoms with Gasteiger partial charge in [0.15, 0.2) is 5.13 Å². The van der Waals surface area contributed by atoms with Crippen molar-refractivity contribution >= 4 is 74.9 Å². The maximum atomic E-state index is 12.6. The Kier molecular flexibility index (Phi) is 8.45. The number of hydrogen-bond acceptors (Lipinski definition) is 9. The number of benzene rings is 1. The first-order valence-corrected chi connectivity index (χ1v) is 12.2. The van der Waals surface area contributed by atoms with E-state index in [2.05, 4.69) is 20.1 Å². The fraction of sp³-hybridized carbons (Fsp3) is 0.579. The van der Waals surface area contributed by atoms with Crippen LogP contribution in [0.15, 0.2) is 18.2 Å². The van der Waals surface area contributed by atoms with Gasteiger partial charge in [-0.25, -0.2) is 4.98 Å². The highest BCUT2D eigenvalue weighted by atomic mass is 35.5. The van der Waals surface area contributed by atoms with E-state index in [0.29, 0.717) is 11.6 Å². The molecular formula is C19H26Cl2N6O3S2. The summed E-state index contributed by atoms with van der Waals surface area (Å²) in [7, 11) is 0. The minimum Gasteiger partial charge on any atom is -0.345 e. The molecule has 2 atom stereocenters. The van der Waals surface area contributed by atoms with Gasteiger partial charge in [-0.05, 0) is 12.5 Å². The highest BCUT2D eigenvalue weighted by Crippen LogP contribution is 2.32. The summed E-state index contributed by atoms with van der Waals surface area (Å²) >= 11 is 3.41. The third-order valence-electron chi connectivity index (χ3n) is 6.14. The molecule has 3 aliphatic heterocycles. The Labute approximate surface area is 206 Å². The third-order valence-corrected chi connectivity index (χ3v) is 8.20. The molecule has 0 spiro atoms. The van der Waals surface area contributed by atoms with Gasteiger partial charge in [0.25, 0.3) is 5.69 Å². The highest BCUT2D eigenvalue weighted by molar-refractivity contribution is 7.99. The number of carbonyl (C=O) groups is 1. The van der Waals surface area contributed by atoms with E-state index in [1.54, 1.807) is 23.5 Å². The lowest BCUT2D eigenvalue weighted by atomic mass is 10.1. The van der Waals surface area contributed by atoms with E-state index in [9.17, 15) is 14.9 Å². The van der Waals surface area contributed by atoms with Crippen LogP contribution in [0.2, 0.25) is 0 Å². The number of nitro benzene ring substituents is 1. The zero-order valence-electron chi connectivity index (χ0n) is 17.3. The Bertz CT molecular complexity index is 966. The number of nitrogens with zero attached hydrogens (tertiary/aromatic N) is 5. The Morgan fingerprint density at radius 2 is 1.97 bits per heavy atom. The van der Waals surface area contributed by atoms with Crippen LogP contribution in [0.25, 0.3) is 10.2 Å². The van der Waals surface area contributed by atoms with E-state index in [0.717, 1.165) is 67.2 Å². The monoisotopic (exact) mass is 520 g/mol. The van der Waals surface area contributed by atoms with Gasteiger partial charge in [0, 0.05) is 63.2 Å². The van der Waals surface area contributed by atoms with E-state index in [-0.39, 0.29) is 47.4 Å². The smallest absolute Gasteiger partial charge is 0.271 e. The van der Waals surface area contributed by atoms with Crippen molar-refractivity contribution in [2.75, 3.05) is 55.8 Å². The number of carbonyl (C=O) groups excluding carboxylic acids is 1. The number of amides is 1. The van der Waals surface area contributed by atoms with Crippen LogP contribution >= 0.6 is 47.9 Å². The number of nitro groups is 1. The van der Waals surface area contributed by atoms with Crippen molar-refractivity contribution in [3.63, 3.8) is 0 Å². The molecule has 1 aromatic heterocycles. The van der Waals surface area contributed by atoms with Crippen molar-refractivity contribution in [2.45, 2.75) is 18.5 Å². The molecule has 0 bridgehead atoms. The second-order valence-electron chi connectivity index (χ2n) is 7.92. The van der Waals surface area contributed by atoms with Crippen LogP contribution in [0.5, 0.6) is 0 Å². The van der Waals surface area contributed by atoms with Gasteiger partial charge >= 0.3 is 0 Å². The molecule has 0 unspecified atom stereocenters. The van der Waals surface area contributed by atoms with Crippen LogP contribution < -0.4 is 10.2 Å². The number of halogens is 2. The number of aromatic nitrogens is 1. The largest absolute Gasteiger partial charge is 0.345 e. The van der Waals surface area contributed by atoms with Gasteiger partial charge in [-0.2, -0.15) is 0 Å². The minimum absolute atomic E-state index is 0. The first-order chi connectivity index (χ1) is 14.6. The summed E-state index contributed by atoms with van der Waals surface area (Å²) in [6.07, 6.45) is 0.880. The predicted octanol–water partition coefficient (Wildman–Crippen LogP) is 2.43. The van der Waals surface area contributed by atoms with Gasteiger partial charge in [0.1, 0.15) is 0 Å². The van der Waals surface area contributed by atoms with E-state index in [1.807, 2.05) is 16.7 Å². The number of piperazine rings is 1. The molecule has 0 saturated carbocycles. The van der Waals surface area contributed by atoms with Gasteiger partial charge in [-0.15, -0.1) is 36.6 Å². The van der Waals surface area contributed by atoms with Crippen LogP contribution in [0.4, 0.5) is 10.8 Å². The quantitative estimate of drug-likeness (QED) is 0.485. The fourth-order valence-corrected chi connectivity index (χ4v) is 6.38. The molecule has 4 heterocycles. The standard InChI is InChI=1S/C19H24N6O3S2.2ClH/c26-18(24-7-8-29-12-24)16-10-14(11-20-16)22-3-5-23(6-4-22)19-21-15-9-13(25(27)28)1-2-17(15)30-19;;/h1-2,9,14,16,20H,3-8,10-12H2;2*1H/t14-,16-;;/m0../s1. The summed E-state index contributed by atoms with van der Waals surface area (Å²) in [5.74, 6) is 2.12. The molecule has 5 rings (SSSR count). The summed E-state index contributed by atoms with van der Waals surface area (Å²) in [6.45, 7) is 5.35. The second kappa shape index (κ2) is 10.7. The number of rotatable bonds is 4. The van der Waals surface area contributed by atoms with Crippen molar-refractivity contribution in [1.82, 2.24) is 20.1 Å². The Morgan fingerprint density at radius 1 is 1.19 bits per heavy atom. The molecule has 3 aliphatic rings. The van der Waals surface area contributed by atoms with Crippen LogP contribution in [0.3, 0.4) is 0 Å². The Balaban J connectivity index is 0.00000144. The lowest BCUT2D eigenvalue weighted by Gasteiger charge is -2.37. The average molecular weight is 521 g/mol. The molecule has 13 heteroatoms. The summed E-state index contributed by atoms with van der Waals surface area (Å²) in [4.78, 5) is 34.6. The van der Waals surface area contributed by atoms with Crippen molar-refractivity contribution < 1.29 is 9.72 Å². The van der Waals surface area contributed by atoms with Crippen molar-refractivity contribution in [3.8, 4) is 0 Å². The van der Waals surface area contributed by atoms with Crippen LogP contribution in [-0.4, -0.2) is 88.6 Å². The van der Waals surface area contributed by atoms with Gasteiger partial charge < -0.3 is 15.1 Å². The Hall–Kier alpha value is -1.37. The maximum Gasteiger partial charge on any atom is 0.271 e. The molecule has 32 heavy (non-hydrogen) atoms. The van der Waals surface area contributed by atoms with Gasteiger partial charge in [0.2, 0.25) is 5.91 Å². The first-order valence-electron chi connectivity index (χ1n) is 10.2. The number of hydrogen-bond donors (Lipinski definition) is 1. The van der Waals surface area contributed by atoms with E-state index >= 15 is 0 Å². The van der Waals surface area contributed by atoms with Crippen LogP contribution in [0, 0.1) is 10.1 Å². The fourth-order valence-electron chi connectivity index (χ4n) is 4.42. The lowest BCUT2D eigenvalue weighted by molar-refractivity contribution is -0.384. The molecular weight excluding hydrogens is 495 g/mol. The van der Waals surface area contributed by atoms with Gasteiger partial charge in [-0.1, -0.05) is 11.3 Å². The molecule has 1 aromatic carbocycles. The SMILES string of the molecule is Cl.Cl.O=C([C@@H]1C[C@H](N2CCN(c3nc4cc([N+](=O)[O-])ccc4s3)CC2)CN1)N1CCSC1. The topological polar surface area (TPSA) is 94.8 Å². The van der Waals surface area contributed by atoms with Crippen molar-refractivity contribution in [3.05, 3.63) is 28.3 Å². The molecule has 3 fully saturated rings. The van der Waals surface area contributed by atoms with Gasteiger partial charge in [-0.3, -0.25) is 19.8 Å². The zero-order chi connectivity index (χ0) is 20.7. The van der Waals surface area contributed by atoms with E-state index < -0.39 is 0 Å². The number of anilines is 1. The summed E-state index contributed by atoms with van der Waals surface area (Å²) in [6, 6.07) is 5.21. The number of nitrogens with one attached hydrogen (secondary N) is 1. The molecule has 2 aromatic rings. The highest BCUT2D eigenvalue weighted by Gasteiger charge is 2.36. The van der Waals surface area contributed by atoms with Gasteiger partial charge in [0.05, 0.1) is 27.1 Å². The molecule has 0 aliphatic carbocycles. The minimum atomic E-state index is -0.382. The van der Waals surface area contributed by atoms with Crippen LogP contribution in [0.1, 0.15) is 6.42 Å². The summed E-state index contributed by atoms with van der Waals surface area (Å²) in [5, 5.41) is 15.4. The lowest BCUT2D eigenvalue weighted by Crippen LogP contribution is -2.51. The second-order valence-corrected chi connectivity index (χ2v) is 10.0. The zero-order valence-corrected chi connectivity index (χ0v) is 20.6. The molecule has 3 saturated heterocycles. The van der Waals surface area contributed by atoms with Crippen molar-refractivity contribution in [2.24, 2.45) is 0 Å². The first kappa shape index (κ1) is 25.3. The summed E-state index contributed by atoms with van der Waals surface area (Å²) < 4.78 is 0.972. The van der Waals surface area contributed by atoms with Crippen molar-refractivity contribution in [1.29, 1.82) is 0 Å². The normalized spacial score (nSPS) is 23.8. The molecule has 9 nitrogen and oxygen atoms in total. The third kappa shape index (κ3) is 5.07. The molecule has 0 radical (unpaired) electrons. The number of non-ortho nitro benzene ring substituents is 1. The molecule has 1 amide bonds. The van der Waals surface area contributed by atoms with E-state index in [1.165, 1.54) is 6.07 Å². The maximum absolute atomic E-state index is 12.6. The summed E-state index contributed by atoms with van der Waals surface area (Å²) in [5.41, 5.74) is 0.766. The van der Waals surface area contributed by atoms with E-state index in [4.69, 9.17) is 0 Å². The number of thiazole rings is 1. The molecule has 1 N–H and O–H groups in total. The number of fused-ring (bicyclic) bond motifs is 1. The van der Waals surface area contributed by atoms with Crippen LogP contribution in [-0.2, 0) is 4.79 Å². The molecule has 176 valence electrons. The predicted molar refractivity (Wildman–Crippen MR) is 134 cm³/mol.